The highest BCUT2D eigenvalue weighted by molar-refractivity contribution is 7.26. The second-order valence-corrected chi connectivity index (χ2v) is 16.2. The van der Waals surface area contributed by atoms with Crippen molar-refractivity contribution < 1.29 is 0 Å². The van der Waals surface area contributed by atoms with Gasteiger partial charge in [0.15, 0.2) is 0 Å². The fourth-order valence-electron chi connectivity index (χ4n) is 9.96. The number of hydrogen-bond donors (Lipinski definition) is 0. The first-order chi connectivity index (χ1) is 26.8. The molecule has 254 valence electrons. The van der Waals surface area contributed by atoms with E-state index in [0.29, 0.717) is 11.8 Å². The molecular formula is C51H34N2S. The molecule has 0 spiro atoms. The number of fused-ring (bicyclic) bond motifs is 14. The Bertz CT molecular complexity index is 3140. The minimum Gasteiger partial charge on any atom is -0.252 e. The van der Waals surface area contributed by atoms with Crippen LogP contribution in [-0.4, -0.2) is 9.97 Å². The van der Waals surface area contributed by atoms with Crippen LogP contribution < -0.4 is 0 Å². The van der Waals surface area contributed by atoms with Gasteiger partial charge >= 0.3 is 0 Å². The van der Waals surface area contributed by atoms with Crippen LogP contribution in [0.1, 0.15) is 42.2 Å². The van der Waals surface area contributed by atoms with Gasteiger partial charge in [0, 0.05) is 36.5 Å². The molecule has 0 saturated heterocycles. The average Bonchev–Trinajstić information content (AvgIpc) is 3.98. The monoisotopic (exact) mass is 706 g/mol. The van der Waals surface area contributed by atoms with Crippen molar-refractivity contribution in [2.24, 2.45) is 0 Å². The number of aromatic nitrogens is 2. The predicted octanol–water partition coefficient (Wildman–Crippen LogP) is 14.3. The van der Waals surface area contributed by atoms with Crippen molar-refractivity contribution in [2.45, 2.75) is 31.1 Å². The minimum atomic E-state index is 0.610. The van der Waals surface area contributed by atoms with E-state index in [-0.39, 0.29) is 0 Å². The van der Waals surface area contributed by atoms with Crippen LogP contribution in [0.5, 0.6) is 0 Å². The van der Waals surface area contributed by atoms with E-state index in [1.165, 1.54) is 83.6 Å². The number of benzene rings is 8. The van der Waals surface area contributed by atoms with E-state index in [1.54, 1.807) is 11.1 Å². The maximum Gasteiger partial charge on any atom is 0.0979 e. The third-order valence-corrected chi connectivity index (χ3v) is 13.5. The van der Waals surface area contributed by atoms with Gasteiger partial charge in [-0.15, -0.1) is 11.3 Å². The summed E-state index contributed by atoms with van der Waals surface area (Å²) in [7, 11) is 0. The molecule has 0 aliphatic heterocycles. The lowest BCUT2D eigenvalue weighted by atomic mass is 9.81. The lowest BCUT2D eigenvalue weighted by Crippen LogP contribution is -2.03. The van der Waals surface area contributed by atoms with Crippen LogP contribution in [0.2, 0.25) is 0 Å². The molecule has 2 bridgehead atoms. The number of nitrogens with zero attached hydrogens (tertiary/aromatic N) is 2. The Morgan fingerprint density at radius 2 is 0.981 bits per heavy atom. The summed E-state index contributed by atoms with van der Waals surface area (Å²) in [6, 6.07) is 55.8. The molecule has 0 amide bonds. The molecule has 3 heteroatoms. The third-order valence-electron chi connectivity index (χ3n) is 12.3. The number of rotatable bonds is 4. The smallest absolute Gasteiger partial charge is 0.0979 e. The minimum absolute atomic E-state index is 0.610. The SMILES string of the molecule is c1cc(-c2cnc3c4ccccc4c4ccccc4c3n2)cc(-c2ccc(-c3cccc(-c4cccc5c4sc4ccccc45)c3)c3c2C2CCC3C2)c1. The first-order valence-electron chi connectivity index (χ1n) is 19.1. The maximum absolute atomic E-state index is 5.33. The lowest BCUT2D eigenvalue weighted by Gasteiger charge is -2.23. The Morgan fingerprint density at radius 3 is 1.69 bits per heavy atom. The predicted molar refractivity (Wildman–Crippen MR) is 229 cm³/mol. The number of thiophene rings is 1. The fourth-order valence-corrected chi connectivity index (χ4v) is 11.2. The van der Waals surface area contributed by atoms with E-state index in [1.807, 2.05) is 17.5 Å². The van der Waals surface area contributed by atoms with E-state index in [0.717, 1.165) is 33.1 Å². The maximum atomic E-state index is 5.33. The third kappa shape index (κ3) is 4.45. The van der Waals surface area contributed by atoms with Crippen molar-refractivity contribution in [2.75, 3.05) is 0 Å². The summed E-state index contributed by atoms with van der Waals surface area (Å²) in [5, 5.41) is 7.42. The molecule has 0 radical (unpaired) electrons. The van der Waals surface area contributed by atoms with E-state index < -0.39 is 0 Å². The van der Waals surface area contributed by atoms with Gasteiger partial charge in [-0.05, 0) is 105 Å². The second-order valence-electron chi connectivity index (χ2n) is 15.2. The standard InChI is InChI=1S/C51H34N2S/c1-3-17-42-39(14-1)40-15-2-4-18-43(40)50-49(42)52-29-45(53-50)33-13-8-11-31(27-33)37-25-24-36(47-34-22-23-35(28-34)48(37)47)30-10-7-12-32(26-30)38-19-9-20-44-41-16-5-6-21-46(41)54-51(38)44/h1-21,24-27,29,34-35H,22-23,28H2. The molecule has 8 aromatic carbocycles. The first-order valence-corrected chi connectivity index (χ1v) is 19.9. The van der Waals surface area contributed by atoms with Crippen molar-refractivity contribution in [1.29, 1.82) is 0 Å². The zero-order valence-corrected chi connectivity index (χ0v) is 30.4. The van der Waals surface area contributed by atoms with E-state index in [9.17, 15) is 0 Å². The summed E-state index contributed by atoms with van der Waals surface area (Å²) >= 11 is 1.91. The van der Waals surface area contributed by atoms with Gasteiger partial charge in [0.2, 0.25) is 0 Å². The topological polar surface area (TPSA) is 25.8 Å². The average molecular weight is 707 g/mol. The van der Waals surface area contributed by atoms with Gasteiger partial charge in [-0.3, -0.25) is 4.98 Å². The van der Waals surface area contributed by atoms with Gasteiger partial charge < -0.3 is 0 Å². The molecule has 2 heterocycles. The fraction of sp³-hybridized carbons (Fsp3) is 0.0980. The summed E-state index contributed by atoms with van der Waals surface area (Å²) in [6.45, 7) is 0. The lowest BCUT2D eigenvalue weighted by molar-refractivity contribution is 0.720. The van der Waals surface area contributed by atoms with Crippen LogP contribution >= 0.6 is 11.3 Å². The highest BCUT2D eigenvalue weighted by Crippen LogP contribution is 2.58. The zero-order valence-electron chi connectivity index (χ0n) is 29.6. The summed E-state index contributed by atoms with van der Waals surface area (Å²) in [5.74, 6) is 1.23. The second kappa shape index (κ2) is 11.7. The van der Waals surface area contributed by atoms with Gasteiger partial charge in [-0.1, -0.05) is 133 Å². The molecule has 2 unspecified atom stereocenters. The number of hydrogen-bond acceptors (Lipinski definition) is 3. The molecule has 2 nitrogen and oxygen atoms in total. The molecule has 10 aromatic rings. The van der Waals surface area contributed by atoms with Crippen LogP contribution in [0.15, 0.2) is 158 Å². The van der Waals surface area contributed by atoms with Gasteiger partial charge in [0.1, 0.15) is 0 Å². The van der Waals surface area contributed by atoms with E-state index >= 15 is 0 Å². The van der Waals surface area contributed by atoms with Gasteiger partial charge in [-0.2, -0.15) is 0 Å². The van der Waals surface area contributed by atoms with Gasteiger partial charge in [-0.25, -0.2) is 4.98 Å². The molecule has 1 fully saturated rings. The highest BCUT2D eigenvalue weighted by Gasteiger charge is 2.40. The van der Waals surface area contributed by atoms with E-state index in [4.69, 9.17) is 9.97 Å². The molecule has 54 heavy (non-hydrogen) atoms. The van der Waals surface area contributed by atoms with Crippen molar-refractivity contribution in [1.82, 2.24) is 9.97 Å². The van der Waals surface area contributed by atoms with E-state index in [2.05, 4.69) is 152 Å². The summed E-state index contributed by atoms with van der Waals surface area (Å²) in [5.41, 5.74) is 15.0. The normalized spacial score (nSPS) is 16.3. The van der Waals surface area contributed by atoms with Crippen molar-refractivity contribution in [3.05, 3.63) is 169 Å². The molecule has 0 N–H and O–H groups in total. The molecule has 2 aliphatic carbocycles. The van der Waals surface area contributed by atoms with Gasteiger partial charge in [0.05, 0.1) is 22.9 Å². The molecule has 12 rings (SSSR count). The quantitative estimate of drug-likeness (QED) is 0.170. The molecular weight excluding hydrogens is 673 g/mol. The Morgan fingerprint density at radius 1 is 0.444 bits per heavy atom. The Hall–Kier alpha value is -6.16. The Labute approximate surface area is 317 Å². The van der Waals surface area contributed by atoms with Crippen LogP contribution in [0, 0.1) is 0 Å². The van der Waals surface area contributed by atoms with Gasteiger partial charge in [0.25, 0.3) is 0 Å². The van der Waals surface area contributed by atoms with Crippen molar-refractivity contribution in [3.63, 3.8) is 0 Å². The summed E-state index contributed by atoms with van der Waals surface area (Å²) in [4.78, 5) is 10.4. The summed E-state index contributed by atoms with van der Waals surface area (Å²) < 4.78 is 2.72. The van der Waals surface area contributed by atoms with Crippen LogP contribution in [0.3, 0.4) is 0 Å². The highest BCUT2D eigenvalue weighted by atomic mass is 32.1. The van der Waals surface area contributed by atoms with Crippen LogP contribution in [-0.2, 0) is 0 Å². The molecule has 2 aliphatic rings. The first kappa shape index (κ1) is 30.3. The largest absolute Gasteiger partial charge is 0.252 e. The summed E-state index contributed by atoms with van der Waals surface area (Å²) in [6.07, 6.45) is 5.78. The Balaban J connectivity index is 0.973. The van der Waals surface area contributed by atoms with Crippen molar-refractivity contribution in [3.8, 4) is 44.6 Å². The Kier molecular flexibility index (Phi) is 6.55. The zero-order chi connectivity index (χ0) is 35.3. The molecule has 1 saturated carbocycles. The van der Waals surface area contributed by atoms with Crippen LogP contribution in [0.4, 0.5) is 0 Å². The van der Waals surface area contributed by atoms with Crippen molar-refractivity contribution >= 4 is 64.1 Å². The molecule has 2 aromatic heterocycles. The van der Waals surface area contributed by atoms with Crippen LogP contribution in [0.25, 0.3) is 97.4 Å². The molecule has 2 atom stereocenters.